The average molecular weight is 544 g/mol. The number of amides is 4. The van der Waals surface area contributed by atoms with Crippen molar-refractivity contribution >= 4 is 23.8 Å². The SMILES string of the molecule is CC(C)C[C@@H]1NC(=O)[C@@H](NC(=O)OCc2ccccc2)Cc2cn(nn2)CCNC(=O)CC[C@@H](CO)NC1=O. The summed E-state index contributed by atoms with van der Waals surface area (Å²) in [5.41, 5.74) is 1.22. The molecule has 0 fully saturated rings. The molecule has 1 aliphatic heterocycles. The van der Waals surface area contributed by atoms with Gasteiger partial charge in [-0.25, -0.2) is 4.79 Å². The first-order chi connectivity index (χ1) is 18.7. The topological polar surface area (TPSA) is 177 Å². The normalized spacial score (nSPS) is 21.3. The quantitative estimate of drug-likeness (QED) is 0.339. The summed E-state index contributed by atoms with van der Waals surface area (Å²) in [6.45, 7) is 4.11. The van der Waals surface area contributed by atoms with Crippen LogP contribution in [-0.4, -0.2) is 75.2 Å². The Balaban J connectivity index is 1.80. The van der Waals surface area contributed by atoms with E-state index in [0.29, 0.717) is 25.2 Å². The van der Waals surface area contributed by atoms with Crippen LogP contribution in [-0.2, 0) is 38.7 Å². The van der Waals surface area contributed by atoms with Crippen LogP contribution in [0.4, 0.5) is 4.79 Å². The minimum atomic E-state index is -1.11. The smallest absolute Gasteiger partial charge is 0.408 e. The van der Waals surface area contributed by atoms with Gasteiger partial charge in [0.2, 0.25) is 17.7 Å². The number of fused-ring (bicyclic) bond motifs is 2. The number of nitrogens with zero attached hydrogens (tertiary/aromatic N) is 3. The summed E-state index contributed by atoms with van der Waals surface area (Å²) in [5, 5.41) is 28.7. The number of aliphatic hydroxyl groups excluding tert-OH is 1. The lowest BCUT2D eigenvalue weighted by molar-refractivity contribution is -0.131. The number of hydrogen-bond donors (Lipinski definition) is 5. The molecule has 0 spiro atoms. The van der Waals surface area contributed by atoms with E-state index < -0.39 is 36.0 Å². The molecule has 0 radical (unpaired) electrons. The van der Waals surface area contributed by atoms with E-state index in [4.69, 9.17) is 4.74 Å². The van der Waals surface area contributed by atoms with Crippen molar-refractivity contribution in [1.82, 2.24) is 36.3 Å². The molecule has 2 aromatic rings. The molecule has 1 aliphatic rings. The van der Waals surface area contributed by atoms with Crippen LogP contribution in [0.25, 0.3) is 0 Å². The van der Waals surface area contributed by atoms with Crippen LogP contribution in [0.5, 0.6) is 0 Å². The highest BCUT2D eigenvalue weighted by molar-refractivity contribution is 5.91. The van der Waals surface area contributed by atoms with Gasteiger partial charge in [0.15, 0.2) is 0 Å². The molecule has 0 saturated carbocycles. The molecule has 0 aliphatic carbocycles. The number of benzene rings is 1. The fourth-order valence-corrected chi connectivity index (χ4v) is 4.06. The maximum absolute atomic E-state index is 13.4. The van der Waals surface area contributed by atoms with E-state index in [1.54, 1.807) is 6.20 Å². The van der Waals surface area contributed by atoms with Crippen molar-refractivity contribution in [3.05, 3.63) is 47.8 Å². The van der Waals surface area contributed by atoms with E-state index >= 15 is 0 Å². The maximum atomic E-state index is 13.4. The number of alkyl carbamates (subject to hydrolysis) is 1. The van der Waals surface area contributed by atoms with Crippen molar-refractivity contribution < 1.29 is 29.0 Å². The minimum Gasteiger partial charge on any atom is -0.445 e. The van der Waals surface area contributed by atoms with Crippen molar-refractivity contribution in [2.45, 2.75) is 70.8 Å². The van der Waals surface area contributed by atoms with Crippen LogP contribution in [0.2, 0.25) is 0 Å². The van der Waals surface area contributed by atoms with Gasteiger partial charge in [0, 0.05) is 25.6 Å². The lowest BCUT2D eigenvalue weighted by Gasteiger charge is -2.25. The molecule has 212 valence electrons. The summed E-state index contributed by atoms with van der Waals surface area (Å²) < 4.78 is 6.83. The highest BCUT2D eigenvalue weighted by Gasteiger charge is 2.30. The summed E-state index contributed by atoms with van der Waals surface area (Å²) in [4.78, 5) is 51.4. The molecule has 39 heavy (non-hydrogen) atoms. The number of rotatable bonds is 6. The predicted molar refractivity (Wildman–Crippen MR) is 140 cm³/mol. The molecule has 13 nitrogen and oxygen atoms in total. The number of ether oxygens (including phenoxy) is 1. The number of carbonyl (C=O) groups is 4. The van der Waals surface area contributed by atoms with Crippen molar-refractivity contribution in [1.29, 1.82) is 0 Å². The van der Waals surface area contributed by atoms with Gasteiger partial charge in [-0.05, 0) is 24.3 Å². The van der Waals surface area contributed by atoms with Crippen LogP contribution < -0.4 is 21.3 Å². The van der Waals surface area contributed by atoms with Gasteiger partial charge in [0.1, 0.15) is 18.7 Å². The Hall–Kier alpha value is -4.00. The Labute approximate surface area is 227 Å². The van der Waals surface area contributed by atoms with Crippen molar-refractivity contribution in [3.63, 3.8) is 0 Å². The summed E-state index contributed by atoms with van der Waals surface area (Å²) in [6, 6.07) is 6.41. The fourth-order valence-electron chi connectivity index (χ4n) is 4.06. The molecule has 1 aromatic heterocycles. The van der Waals surface area contributed by atoms with Gasteiger partial charge in [-0.1, -0.05) is 49.4 Å². The van der Waals surface area contributed by atoms with Crippen LogP contribution in [0.1, 0.15) is 44.4 Å². The molecular formula is C26H37N7O6. The first kappa shape index (κ1) is 29.6. The molecule has 2 bridgehead atoms. The second-order valence-corrected chi connectivity index (χ2v) is 9.90. The zero-order valence-electron chi connectivity index (χ0n) is 22.3. The Bertz CT molecular complexity index is 1110. The van der Waals surface area contributed by atoms with Gasteiger partial charge in [-0.15, -0.1) is 5.10 Å². The Kier molecular flexibility index (Phi) is 11.2. The van der Waals surface area contributed by atoms with Crippen LogP contribution >= 0.6 is 0 Å². The molecule has 0 unspecified atom stereocenters. The highest BCUT2D eigenvalue weighted by Crippen LogP contribution is 2.09. The second-order valence-electron chi connectivity index (χ2n) is 9.90. The average Bonchev–Trinajstić information content (AvgIpc) is 3.35. The zero-order valence-corrected chi connectivity index (χ0v) is 22.3. The molecular weight excluding hydrogens is 506 g/mol. The molecule has 13 heteroatoms. The molecule has 0 saturated heterocycles. The second kappa shape index (κ2) is 14.8. The number of carbonyl (C=O) groups excluding carboxylic acids is 4. The first-order valence-corrected chi connectivity index (χ1v) is 13.1. The van der Waals surface area contributed by atoms with E-state index in [1.807, 2.05) is 44.2 Å². The monoisotopic (exact) mass is 543 g/mol. The third kappa shape index (κ3) is 10.0. The van der Waals surface area contributed by atoms with E-state index in [9.17, 15) is 24.3 Å². The summed E-state index contributed by atoms with van der Waals surface area (Å²) in [7, 11) is 0. The van der Waals surface area contributed by atoms with E-state index in [2.05, 4.69) is 31.6 Å². The van der Waals surface area contributed by atoms with Gasteiger partial charge < -0.3 is 31.1 Å². The van der Waals surface area contributed by atoms with Crippen LogP contribution in [0.3, 0.4) is 0 Å². The van der Waals surface area contributed by atoms with Gasteiger partial charge in [-0.2, -0.15) is 0 Å². The van der Waals surface area contributed by atoms with E-state index in [-0.39, 0.29) is 44.3 Å². The van der Waals surface area contributed by atoms with Crippen LogP contribution in [0, 0.1) is 5.92 Å². The van der Waals surface area contributed by atoms with E-state index in [1.165, 1.54) is 4.68 Å². The van der Waals surface area contributed by atoms with Gasteiger partial charge in [0.25, 0.3) is 0 Å². The summed E-state index contributed by atoms with van der Waals surface area (Å²) in [6.07, 6.45) is 1.46. The summed E-state index contributed by atoms with van der Waals surface area (Å²) >= 11 is 0. The van der Waals surface area contributed by atoms with Crippen molar-refractivity contribution in [2.75, 3.05) is 13.2 Å². The molecule has 2 heterocycles. The molecule has 3 rings (SSSR count). The number of nitrogens with one attached hydrogen (secondary N) is 4. The largest absolute Gasteiger partial charge is 0.445 e. The predicted octanol–water partition coefficient (Wildman–Crippen LogP) is 0.0336. The van der Waals surface area contributed by atoms with Crippen molar-refractivity contribution in [2.24, 2.45) is 5.92 Å². The van der Waals surface area contributed by atoms with E-state index in [0.717, 1.165) is 5.56 Å². The highest BCUT2D eigenvalue weighted by atomic mass is 16.5. The minimum absolute atomic E-state index is 0.00604. The number of hydrogen-bond acceptors (Lipinski definition) is 8. The lowest BCUT2D eigenvalue weighted by Crippen LogP contribution is -2.56. The standard InChI is InChI=1S/C26H37N7O6/c1-17(2)12-21-24(36)28-19(15-34)8-9-23(35)27-10-11-33-14-20(31-32-33)13-22(25(37)29-21)30-26(38)39-16-18-6-4-3-5-7-18/h3-7,14,17,19,21-22,34H,8-13,15-16H2,1-2H3,(H,27,35)(H,28,36)(H,29,37)(H,30,38)/t19-,21-,22-/m0/s1. The molecule has 3 atom stereocenters. The first-order valence-electron chi connectivity index (χ1n) is 13.1. The third-order valence-electron chi connectivity index (χ3n) is 6.11. The lowest BCUT2D eigenvalue weighted by atomic mass is 10.0. The van der Waals surface area contributed by atoms with Crippen LogP contribution in [0.15, 0.2) is 36.5 Å². The Morgan fingerprint density at radius 2 is 1.95 bits per heavy atom. The Morgan fingerprint density at radius 1 is 1.18 bits per heavy atom. The number of aliphatic hydroxyl groups is 1. The molecule has 1 aromatic carbocycles. The number of aromatic nitrogens is 3. The van der Waals surface area contributed by atoms with Crippen molar-refractivity contribution in [3.8, 4) is 0 Å². The van der Waals surface area contributed by atoms with Gasteiger partial charge in [-0.3, -0.25) is 19.1 Å². The molecule has 4 amide bonds. The third-order valence-corrected chi connectivity index (χ3v) is 6.11. The molecule has 5 N–H and O–H groups in total. The Morgan fingerprint density at radius 3 is 2.67 bits per heavy atom. The van der Waals surface area contributed by atoms with Gasteiger partial charge >= 0.3 is 6.09 Å². The van der Waals surface area contributed by atoms with Gasteiger partial charge in [0.05, 0.1) is 24.9 Å². The maximum Gasteiger partial charge on any atom is 0.408 e. The fraction of sp³-hybridized carbons (Fsp3) is 0.538. The summed E-state index contributed by atoms with van der Waals surface area (Å²) in [5.74, 6) is -1.26. The zero-order chi connectivity index (χ0) is 28.2.